The van der Waals surface area contributed by atoms with Crippen molar-refractivity contribution in [3.8, 4) is 11.5 Å². The quantitative estimate of drug-likeness (QED) is 0.755. The number of rotatable bonds is 2. The highest BCUT2D eigenvalue weighted by Crippen LogP contribution is 2.34. The molecule has 4 heteroatoms. The van der Waals surface area contributed by atoms with Crippen LogP contribution < -0.4 is 4.74 Å². The summed E-state index contributed by atoms with van der Waals surface area (Å²) in [4.78, 5) is 0. The zero-order chi connectivity index (χ0) is 11.5. The topological polar surface area (TPSA) is 9.23 Å². The summed E-state index contributed by atoms with van der Waals surface area (Å²) >= 11 is 11.7. The standard InChI is InChI=1S/C12H6Cl2FO/c13-10-5-2-6-11(12(10)14)16-9-4-1-3-8(15)7-9/h1-3,5-7H. The van der Waals surface area contributed by atoms with E-state index < -0.39 is 5.82 Å². The lowest BCUT2D eigenvalue weighted by Crippen LogP contribution is -1.86. The molecule has 0 aliphatic carbocycles. The van der Waals surface area contributed by atoms with Crippen molar-refractivity contribution in [2.75, 3.05) is 0 Å². The van der Waals surface area contributed by atoms with Gasteiger partial charge in [0.2, 0.25) is 0 Å². The van der Waals surface area contributed by atoms with Gasteiger partial charge in [-0.1, -0.05) is 29.3 Å². The van der Waals surface area contributed by atoms with Crippen LogP contribution in [0.2, 0.25) is 10.0 Å². The van der Waals surface area contributed by atoms with Gasteiger partial charge in [0, 0.05) is 12.1 Å². The van der Waals surface area contributed by atoms with Crippen LogP contribution in [0.25, 0.3) is 0 Å². The molecule has 0 saturated carbocycles. The minimum Gasteiger partial charge on any atom is -0.455 e. The number of hydrogen-bond donors (Lipinski definition) is 0. The second-order valence-electron chi connectivity index (χ2n) is 3.03. The Hall–Kier alpha value is -1.25. The minimum absolute atomic E-state index is 0.254. The second-order valence-corrected chi connectivity index (χ2v) is 3.81. The van der Waals surface area contributed by atoms with Crippen LogP contribution in [0, 0.1) is 11.9 Å². The van der Waals surface area contributed by atoms with Crippen LogP contribution in [0.4, 0.5) is 4.39 Å². The fourth-order valence-electron chi connectivity index (χ4n) is 1.16. The van der Waals surface area contributed by atoms with Crippen molar-refractivity contribution in [1.82, 2.24) is 0 Å². The van der Waals surface area contributed by atoms with E-state index in [0.29, 0.717) is 15.8 Å². The predicted octanol–water partition coefficient (Wildman–Crippen LogP) is 4.72. The highest BCUT2D eigenvalue weighted by atomic mass is 35.5. The Morgan fingerprint density at radius 3 is 2.75 bits per heavy atom. The fourth-order valence-corrected chi connectivity index (χ4v) is 1.49. The van der Waals surface area contributed by atoms with Crippen LogP contribution in [0.5, 0.6) is 11.5 Å². The Bertz CT molecular complexity index is 514. The van der Waals surface area contributed by atoms with E-state index in [4.69, 9.17) is 27.9 Å². The Kier molecular flexibility index (Phi) is 3.32. The Morgan fingerprint density at radius 1 is 1.19 bits per heavy atom. The first-order valence-electron chi connectivity index (χ1n) is 4.46. The molecule has 0 N–H and O–H groups in total. The molecule has 0 saturated heterocycles. The lowest BCUT2D eigenvalue weighted by Gasteiger charge is -2.07. The van der Waals surface area contributed by atoms with Crippen molar-refractivity contribution < 1.29 is 9.13 Å². The van der Waals surface area contributed by atoms with Crippen molar-refractivity contribution in [2.45, 2.75) is 0 Å². The summed E-state index contributed by atoms with van der Waals surface area (Å²) in [6.45, 7) is 0. The van der Waals surface area contributed by atoms with Gasteiger partial charge in [0.15, 0.2) is 0 Å². The summed E-state index contributed by atoms with van der Waals surface area (Å²) in [6, 6.07) is 11.7. The van der Waals surface area contributed by atoms with Crippen molar-refractivity contribution in [1.29, 1.82) is 0 Å². The highest BCUT2D eigenvalue weighted by Gasteiger charge is 2.06. The lowest BCUT2D eigenvalue weighted by atomic mass is 10.3. The fraction of sp³-hybridized carbons (Fsp3) is 0. The molecular formula is C12H6Cl2FO. The van der Waals surface area contributed by atoms with Crippen molar-refractivity contribution >= 4 is 23.2 Å². The van der Waals surface area contributed by atoms with Crippen LogP contribution in [0.3, 0.4) is 0 Å². The molecule has 16 heavy (non-hydrogen) atoms. The summed E-state index contributed by atoms with van der Waals surface area (Å²) in [5.74, 6) is 0.229. The monoisotopic (exact) mass is 255 g/mol. The molecule has 0 aromatic heterocycles. The SMILES string of the molecule is Fc1cc[c]c(Oc2cccc(Cl)c2Cl)c1. The van der Waals surface area contributed by atoms with Gasteiger partial charge in [-0.05, 0) is 24.3 Å². The molecule has 0 heterocycles. The van der Waals surface area contributed by atoms with E-state index in [9.17, 15) is 4.39 Å². The molecule has 0 fully saturated rings. The molecule has 1 nitrogen and oxygen atoms in total. The Balaban J connectivity index is 2.31. The zero-order valence-electron chi connectivity index (χ0n) is 8.01. The van der Waals surface area contributed by atoms with E-state index in [1.807, 2.05) is 0 Å². The molecule has 0 spiro atoms. The van der Waals surface area contributed by atoms with E-state index >= 15 is 0 Å². The first-order valence-corrected chi connectivity index (χ1v) is 5.21. The zero-order valence-corrected chi connectivity index (χ0v) is 9.52. The van der Waals surface area contributed by atoms with Gasteiger partial charge < -0.3 is 4.74 Å². The van der Waals surface area contributed by atoms with E-state index in [0.717, 1.165) is 0 Å². The van der Waals surface area contributed by atoms with Crippen LogP contribution in [-0.4, -0.2) is 0 Å². The smallest absolute Gasteiger partial charge is 0.147 e. The molecule has 1 radical (unpaired) electrons. The molecule has 2 aromatic carbocycles. The first-order chi connectivity index (χ1) is 7.66. The van der Waals surface area contributed by atoms with Gasteiger partial charge in [0.05, 0.1) is 5.02 Å². The molecule has 0 amide bonds. The third-order valence-electron chi connectivity index (χ3n) is 1.87. The number of hydrogen-bond acceptors (Lipinski definition) is 1. The molecule has 2 rings (SSSR count). The van der Waals surface area contributed by atoms with Crippen LogP contribution in [-0.2, 0) is 0 Å². The van der Waals surface area contributed by atoms with Crippen molar-refractivity contribution in [3.05, 3.63) is 58.3 Å². The largest absolute Gasteiger partial charge is 0.455 e. The third-order valence-corrected chi connectivity index (χ3v) is 2.67. The maximum absolute atomic E-state index is 12.9. The normalized spacial score (nSPS) is 10.2. The van der Waals surface area contributed by atoms with Crippen LogP contribution >= 0.6 is 23.2 Å². The minimum atomic E-state index is -0.396. The number of halogens is 3. The second kappa shape index (κ2) is 4.73. The van der Waals surface area contributed by atoms with Crippen molar-refractivity contribution in [2.24, 2.45) is 0 Å². The molecule has 0 aliphatic heterocycles. The molecular weight excluding hydrogens is 250 g/mol. The van der Waals surface area contributed by atoms with Crippen molar-refractivity contribution in [3.63, 3.8) is 0 Å². The molecule has 0 aliphatic rings. The summed E-state index contributed by atoms with van der Waals surface area (Å²) in [6.07, 6.45) is 0. The maximum atomic E-state index is 12.9. The summed E-state index contributed by atoms with van der Waals surface area (Å²) in [5.41, 5.74) is 0. The maximum Gasteiger partial charge on any atom is 0.147 e. The first kappa shape index (κ1) is 11.2. The molecule has 0 atom stereocenters. The van der Waals surface area contributed by atoms with Gasteiger partial charge in [0.1, 0.15) is 22.3 Å². The molecule has 0 unspecified atom stereocenters. The van der Waals surface area contributed by atoms with Gasteiger partial charge in [-0.2, -0.15) is 0 Å². The van der Waals surface area contributed by atoms with E-state index in [2.05, 4.69) is 6.07 Å². The van der Waals surface area contributed by atoms with Gasteiger partial charge >= 0.3 is 0 Å². The van der Waals surface area contributed by atoms with Crippen LogP contribution in [0.15, 0.2) is 36.4 Å². The molecule has 0 bridgehead atoms. The van der Waals surface area contributed by atoms with Gasteiger partial charge in [-0.15, -0.1) is 0 Å². The summed E-state index contributed by atoms with van der Waals surface area (Å²) in [7, 11) is 0. The van der Waals surface area contributed by atoms with E-state index in [-0.39, 0.29) is 5.75 Å². The molecule has 81 valence electrons. The molecule has 2 aromatic rings. The predicted molar refractivity (Wildman–Crippen MR) is 61.8 cm³/mol. The lowest BCUT2D eigenvalue weighted by molar-refractivity contribution is 0.476. The third kappa shape index (κ3) is 2.46. The van der Waals surface area contributed by atoms with Gasteiger partial charge in [0.25, 0.3) is 0 Å². The van der Waals surface area contributed by atoms with Crippen LogP contribution in [0.1, 0.15) is 0 Å². The average Bonchev–Trinajstić information content (AvgIpc) is 2.25. The Morgan fingerprint density at radius 2 is 2.00 bits per heavy atom. The number of ether oxygens (including phenoxy) is 1. The average molecular weight is 256 g/mol. The van der Waals surface area contributed by atoms with Gasteiger partial charge in [-0.3, -0.25) is 0 Å². The van der Waals surface area contributed by atoms with E-state index in [1.54, 1.807) is 18.2 Å². The Labute approximate surface area is 102 Å². The summed E-state index contributed by atoms with van der Waals surface area (Å²) < 4.78 is 18.2. The number of benzene rings is 2. The van der Waals surface area contributed by atoms with E-state index in [1.165, 1.54) is 18.2 Å². The van der Waals surface area contributed by atoms with Gasteiger partial charge in [-0.25, -0.2) is 4.39 Å². The summed E-state index contributed by atoms with van der Waals surface area (Å²) in [5, 5.41) is 0.678. The highest BCUT2D eigenvalue weighted by molar-refractivity contribution is 6.42.